The van der Waals surface area contributed by atoms with E-state index >= 15 is 0 Å². The molecular weight excluding hydrogens is 280 g/mol. The first-order chi connectivity index (χ1) is 10.7. The van der Waals surface area contributed by atoms with Gasteiger partial charge < -0.3 is 15.4 Å². The van der Waals surface area contributed by atoms with Crippen molar-refractivity contribution in [2.75, 3.05) is 19.7 Å². The number of ether oxygens (including phenoxy) is 1. The maximum atomic E-state index is 11.7. The Morgan fingerprint density at radius 1 is 1.00 bits per heavy atom. The third-order valence-electron chi connectivity index (χ3n) is 3.13. The van der Waals surface area contributed by atoms with E-state index in [2.05, 4.69) is 10.6 Å². The van der Waals surface area contributed by atoms with Gasteiger partial charge in [-0.3, -0.25) is 9.59 Å². The summed E-state index contributed by atoms with van der Waals surface area (Å²) in [5.41, 5.74) is 0. The molecule has 5 heteroatoms. The van der Waals surface area contributed by atoms with Gasteiger partial charge in [-0.05, 0) is 17.9 Å². The number of hydrogen-bond donors (Lipinski definition) is 2. The number of carbonyl (C=O) groups is 2. The maximum absolute atomic E-state index is 11.7. The van der Waals surface area contributed by atoms with Gasteiger partial charge in [0.05, 0.1) is 6.54 Å². The lowest BCUT2D eigenvalue weighted by Gasteiger charge is -2.10. The van der Waals surface area contributed by atoms with Crippen LogP contribution in [0.3, 0.4) is 0 Å². The van der Waals surface area contributed by atoms with Crippen LogP contribution in [0, 0.1) is 0 Å². The van der Waals surface area contributed by atoms with Crippen LogP contribution in [-0.4, -0.2) is 31.5 Å². The number of nitrogens with one attached hydrogen (secondary N) is 2. The summed E-state index contributed by atoms with van der Waals surface area (Å²) >= 11 is 0. The quantitative estimate of drug-likeness (QED) is 0.820. The minimum atomic E-state index is -0.320. The molecule has 0 aliphatic rings. The maximum Gasteiger partial charge on any atom is 0.258 e. The van der Waals surface area contributed by atoms with Crippen molar-refractivity contribution >= 4 is 22.6 Å². The van der Waals surface area contributed by atoms with Crippen LogP contribution in [0.5, 0.6) is 5.75 Å². The van der Waals surface area contributed by atoms with Crippen molar-refractivity contribution in [1.29, 1.82) is 0 Å². The van der Waals surface area contributed by atoms with Crippen LogP contribution < -0.4 is 15.4 Å². The number of hydrogen-bond acceptors (Lipinski definition) is 3. The highest BCUT2D eigenvalue weighted by atomic mass is 16.5. The summed E-state index contributed by atoms with van der Waals surface area (Å²) < 4.78 is 5.55. The fourth-order valence-electron chi connectivity index (χ4n) is 2.02. The van der Waals surface area contributed by atoms with Gasteiger partial charge in [0.1, 0.15) is 5.75 Å². The zero-order valence-electron chi connectivity index (χ0n) is 12.6. The highest BCUT2D eigenvalue weighted by Crippen LogP contribution is 2.24. The van der Waals surface area contributed by atoms with Crippen LogP contribution in [0.4, 0.5) is 0 Å². The Morgan fingerprint density at radius 3 is 2.59 bits per heavy atom. The van der Waals surface area contributed by atoms with Gasteiger partial charge in [0.25, 0.3) is 5.91 Å². The molecule has 0 atom stereocenters. The average Bonchev–Trinajstić information content (AvgIpc) is 2.56. The van der Waals surface area contributed by atoms with E-state index in [-0.39, 0.29) is 25.0 Å². The van der Waals surface area contributed by atoms with Crippen molar-refractivity contribution < 1.29 is 14.3 Å². The molecule has 116 valence electrons. The molecule has 0 radical (unpaired) electrons. The molecule has 0 aliphatic heterocycles. The summed E-state index contributed by atoms with van der Waals surface area (Å²) in [6.07, 6.45) is 0.865. The second-order valence-corrected chi connectivity index (χ2v) is 4.89. The summed E-state index contributed by atoms with van der Waals surface area (Å²) in [5, 5.41) is 7.24. The Morgan fingerprint density at radius 2 is 1.77 bits per heavy atom. The average molecular weight is 300 g/mol. The Kier molecular flexibility index (Phi) is 5.77. The van der Waals surface area contributed by atoms with E-state index in [1.165, 1.54) is 0 Å². The summed E-state index contributed by atoms with van der Waals surface area (Å²) in [6, 6.07) is 13.5. The Labute approximate surface area is 129 Å². The first-order valence-corrected chi connectivity index (χ1v) is 7.34. The van der Waals surface area contributed by atoms with Gasteiger partial charge in [-0.25, -0.2) is 0 Å². The van der Waals surface area contributed by atoms with E-state index in [0.29, 0.717) is 12.3 Å². The van der Waals surface area contributed by atoms with Crippen LogP contribution in [0.25, 0.3) is 10.8 Å². The molecule has 0 bridgehead atoms. The third-order valence-corrected chi connectivity index (χ3v) is 3.13. The largest absolute Gasteiger partial charge is 0.483 e. The van der Waals surface area contributed by atoms with Gasteiger partial charge in [-0.1, -0.05) is 43.3 Å². The van der Waals surface area contributed by atoms with Crippen molar-refractivity contribution in [2.45, 2.75) is 13.3 Å². The number of carbonyl (C=O) groups excluding carboxylic acids is 2. The van der Waals surface area contributed by atoms with Gasteiger partial charge >= 0.3 is 0 Å². The van der Waals surface area contributed by atoms with Gasteiger partial charge in [0.2, 0.25) is 5.91 Å². The van der Waals surface area contributed by atoms with Crippen LogP contribution >= 0.6 is 0 Å². The Balaban J connectivity index is 1.84. The second kappa shape index (κ2) is 8.02. The zero-order chi connectivity index (χ0) is 15.8. The fraction of sp³-hybridized carbons (Fsp3) is 0.294. The van der Waals surface area contributed by atoms with Crippen LogP contribution in [0.15, 0.2) is 42.5 Å². The molecule has 0 spiro atoms. The highest BCUT2D eigenvalue weighted by molar-refractivity contribution is 5.89. The highest BCUT2D eigenvalue weighted by Gasteiger charge is 2.07. The predicted octanol–water partition coefficient (Wildman–Crippen LogP) is 1.86. The molecule has 2 rings (SSSR count). The first-order valence-electron chi connectivity index (χ1n) is 7.34. The SMILES string of the molecule is CCCNC(=O)CNC(=O)COc1cccc2ccccc12. The molecule has 22 heavy (non-hydrogen) atoms. The smallest absolute Gasteiger partial charge is 0.258 e. The zero-order valence-corrected chi connectivity index (χ0v) is 12.6. The molecule has 0 unspecified atom stereocenters. The summed E-state index contributed by atoms with van der Waals surface area (Å²) in [5.74, 6) is 0.142. The second-order valence-electron chi connectivity index (χ2n) is 4.89. The number of benzene rings is 2. The lowest BCUT2D eigenvalue weighted by Crippen LogP contribution is -2.39. The fourth-order valence-corrected chi connectivity index (χ4v) is 2.02. The molecule has 0 saturated heterocycles. The van der Waals surface area contributed by atoms with Gasteiger partial charge in [0.15, 0.2) is 6.61 Å². The van der Waals surface area contributed by atoms with E-state index in [0.717, 1.165) is 17.2 Å². The van der Waals surface area contributed by atoms with Crippen LogP contribution in [0.1, 0.15) is 13.3 Å². The normalized spacial score (nSPS) is 10.2. The minimum Gasteiger partial charge on any atom is -0.483 e. The summed E-state index contributed by atoms with van der Waals surface area (Å²) in [4.78, 5) is 23.1. The van der Waals surface area contributed by atoms with E-state index in [9.17, 15) is 9.59 Å². The van der Waals surface area contributed by atoms with Gasteiger partial charge in [0, 0.05) is 11.9 Å². The lowest BCUT2D eigenvalue weighted by atomic mass is 10.1. The van der Waals surface area contributed by atoms with Crippen LogP contribution in [0.2, 0.25) is 0 Å². The van der Waals surface area contributed by atoms with Crippen LogP contribution in [-0.2, 0) is 9.59 Å². The number of rotatable bonds is 7. The van der Waals surface area contributed by atoms with Gasteiger partial charge in [-0.15, -0.1) is 0 Å². The number of amides is 2. The lowest BCUT2D eigenvalue weighted by molar-refractivity contribution is -0.127. The summed E-state index contributed by atoms with van der Waals surface area (Å²) in [7, 11) is 0. The molecule has 0 fully saturated rings. The molecule has 0 saturated carbocycles. The van der Waals surface area contributed by atoms with E-state index < -0.39 is 0 Å². The molecule has 0 heterocycles. The number of fused-ring (bicyclic) bond motifs is 1. The molecular formula is C17H20N2O3. The predicted molar refractivity (Wildman–Crippen MR) is 85.8 cm³/mol. The first kappa shape index (κ1) is 15.8. The van der Waals surface area contributed by atoms with Crippen molar-refractivity contribution in [3.63, 3.8) is 0 Å². The summed E-state index contributed by atoms with van der Waals surface area (Å²) in [6.45, 7) is 2.44. The molecule has 0 aromatic heterocycles. The molecule has 0 aliphatic carbocycles. The topological polar surface area (TPSA) is 67.4 Å². The molecule has 2 N–H and O–H groups in total. The molecule has 2 amide bonds. The van der Waals surface area contributed by atoms with E-state index in [4.69, 9.17) is 4.74 Å². The van der Waals surface area contributed by atoms with Crippen molar-refractivity contribution in [3.8, 4) is 5.75 Å². The Bertz CT molecular complexity index is 650. The minimum absolute atomic E-state index is 0.0300. The molecule has 2 aromatic rings. The van der Waals surface area contributed by atoms with Crippen molar-refractivity contribution in [1.82, 2.24) is 10.6 Å². The third kappa shape index (κ3) is 4.48. The molecule has 5 nitrogen and oxygen atoms in total. The van der Waals surface area contributed by atoms with Crippen molar-refractivity contribution in [3.05, 3.63) is 42.5 Å². The Hall–Kier alpha value is -2.56. The monoisotopic (exact) mass is 300 g/mol. The van der Waals surface area contributed by atoms with E-state index in [1.807, 2.05) is 49.4 Å². The van der Waals surface area contributed by atoms with E-state index in [1.54, 1.807) is 0 Å². The standard InChI is InChI=1S/C17H20N2O3/c1-2-10-18-16(20)11-19-17(21)12-22-15-9-5-7-13-6-3-4-8-14(13)15/h3-9H,2,10-12H2,1H3,(H,18,20)(H,19,21). The van der Waals surface area contributed by atoms with Gasteiger partial charge in [-0.2, -0.15) is 0 Å². The molecule has 2 aromatic carbocycles. The van der Waals surface area contributed by atoms with Crippen molar-refractivity contribution in [2.24, 2.45) is 0 Å².